The van der Waals surface area contributed by atoms with Crippen LogP contribution in [0.15, 0.2) is 48.5 Å². The Morgan fingerprint density at radius 1 is 1.28 bits per heavy atom. The first-order chi connectivity index (χ1) is 12.1. The van der Waals surface area contributed by atoms with Gasteiger partial charge in [-0.2, -0.15) is 0 Å². The lowest BCUT2D eigenvalue weighted by molar-refractivity contribution is -0.128. The molecule has 0 bridgehead atoms. The van der Waals surface area contributed by atoms with Crippen LogP contribution in [0.4, 0.5) is 5.69 Å². The van der Waals surface area contributed by atoms with E-state index in [1.807, 2.05) is 30.3 Å². The zero-order valence-corrected chi connectivity index (χ0v) is 14.6. The molecule has 1 fully saturated rings. The summed E-state index contributed by atoms with van der Waals surface area (Å²) in [6.07, 6.45) is 0.210. The van der Waals surface area contributed by atoms with Crippen molar-refractivity contribution in [2.45, 2.75) is 13.0 Å². The molecule has 25 heavy (non-hydrogen) atoms. The summed E-state index contributed by atoms with van der Waals surface area (Å²) in [7, 11) is 1.53. The van der Waals surface area contributed by atoms with Crippen LogP contribution >= 0.6 is 11.6 Å². The van der Waals surface area contributed by atoms with Crippen LogP contribution in [-0.4, -0.2) is 30.4 Å². The van der Waals surface area contributed by atoms with E-state index >= 15 is 0 Å². The molecule has 1 saturated heterocycles. The maximum atomic E-state index is 12.5. The second kappa shape index (κ2) is 7.57. The standard InChI is InChI=1S/C19H19ClN2O3/c1-25-17-8-7-15(20)10-16(17)21-19(24)14-9-18(23)22(12-14)11-13-5-3-2-4-6-13/h2-8,10,14H,9,11-12H2,1H3,(H,21,24). The lowest BCUT2D eigenvalue weighted by Crippen LogP contribution is -2.28. The summed E-state index contributed by atoms with van der Waals surface area (Å²) in [6.45, 7) is 0.923. The van der Waals surface area contributed by atoms with Crippen molar-refractivity contribution in [2.75, 3.05) is 19.0 Å². The molecule has 6 heteroatoms. The highest BCUT2D eigenvalue weighted by molar-refractivity contribution is 6.31. The Balaban J connectivity index is 1.66. The van der Waals surface area contributed by atoms with Crippen molar-refractivity contribution in [3.8, 4) is 5.75 Å². The van der Waals surface area contributed by atoms with Crippen molar-refractivity contribution >= 4 is 29.1 Å². The number of halogens is 1. The van der Waals surface area contributed by atoms with Gasteiger partial charge in [-0.25, -0.2) is 0 Å². The van der Waals surface area contributed by atoms with Gasteiger partial charge in [0.25, 0.3) is 0 Å². The molecule has 1 heterocycles. The number of hydrogen-bond acceptors (Lipinski definition) is 3. The third kappa shape index (κ3) is 4.12. The zero-order chi connectivity index (χ0) is 17.8. The highest BCUT2D eigenvalue weighted by Crippen LogP contribution is 2.29. The van der Waals surface area contributed by atoms with E-state index < -0.39 is 0 Å². The van der Waals surface area contributed by atoms with Crippen molar-refractivity contribution in [3.63, 3.8) is 0 Å². The normalized spacial score (nSPS) is 16.8. The van der Waals surface area contributed by atoms with Gasteiger partial charge in [0.2, 0.25) is 11.8 Å². The van der Waals surface area contributed by atoms with Gasteiger partial charge >= 0.3 is 0 Å². The van der Waals surface area contributed by atoms with Gasteiger partial charge in [-0.05, 0) is 23.8 Å². The minimum absolute atomic E-state index is 0.0120. The van der Waals surface area contributed by atoms with Crippen LogP contribution < -0.4 is 10.1 Å². The van der Waals surface area contributed by atoms with Crippen LogP contribution in [0.2, 0.25) is 5.02 Å². The van der Waals surface area contributed by atoms with E-state index in [1.165, 1.54) is 7.11 Å². The maximum Gasteiger partial charge on any atom is 0.229 e. The Labute approximate surface area is 151 Å². The molecule has 1 unspecified atom stereocenters. The molecule has 5 nitrogen and oxygen atoms in total. The molecular formula is C19H19ClN2O3. The Bertz CT molecular complexity index is 779. The van der Waals surface area contributed by atoms with E-state index in [9.17, 15) is 9.59 Å². The van der Waals surface area contributed by atoms with Gasteiger partial charge < -0.3 is 15.0 Å². The highest BCUT2D eigenvalue weighted by Gasteiger charge is 2.34. The highest BCUT2D eigenvalue weighted by atomic mass is 35.5. The van der Waals surface area contributed by atoms with Gasteiger partial charge in [0.1, 0.15) is 5.75 Å². The van der Waals surface area contributed by atoms with Crippen LogP contribution in [-0.2, 0) is 16.1 Å². The molecule has 3 rings (SSSR count). The molecular weight excluding hydrogens is 340 g/mol. The summed E-state index contributed by atoms with van der Waals surface area (Å²) < 4.78 is 5.23. The van der Waals surface area contributed by atoms with Gasteiger partial charge in [0.05, 0.1) is 18.7 Å². The van der Waals surface area contributed by atoms with E-state index in [2.05, 4.69) is 5.32 Å². The number of methoxy groups -OCH3 is 1. The first-order valence-electron chi connectivity index (χ1n) is 8.03. The van der Waals surface area contributed by atoms with Crippen LogP contribution in [0.3, 0.4) is 0 Å². The van der Waals surface area contributed by atoms with E-state index in [0.717, 1.165) is 5.56 Å². The number of rotatable bonds is 5. The summed E-state index contributed by atoms with van der Waals surface area (Å²) >= 11 is 5.98. The van der Waals surface area contributed by atoms with Crippen LogP contribution in [0, 0.1) is 5.92 Å². The largest absolute Gasteiger partial charge is 0.495 e. The Morgan fingerprint density at radius 2 is 2.04 bits per heavy atom. The van der Waals surface area contributed by atoms with Gasteiger partial charge in [0, 0.05) is 24.5 Å². The molecule has 0 aliphatic carbocycles. The molecule has 1 atom stereocenters. The smallest absolute Gasteiger partial charge is 0.229 e. The molecule has 2 amide bonds. The van der Waals surface area contributed by atoms with Crippen LogP contribution in [0.25, 0.3) is 0 Å². The van der Waals surface area contributed by atoms with Crippen molar-refractivity contribution in [3.05, 3.63) is 59.1 Å². The molecule has 0 radical (unpaired) electrons. The van der Waals surface area contributed by atoms with Crippen molar-refractivity contribution < 1.29 is 14.3 Å². The van der Waals surface area contributed by atoms with Crippen molar-refractivity contribution in [2.24, 2.45) is 5.92 Å². The Morgan fingerprint density at radius 3 is 2.76 bits per heavy atom. The summed E-state index contributed by atoms with van der Waals surface area (Å²) in [5, 5.41) is 3.33. The monoisotopic (exact) mass is 358 g/mol. The van der Waals surface area contributed by atoms with E-state index in [4.69, 9.17) is 16.3 Å². The first-order valence-corrected chi connectivity index (χ1v) is 8.40. The van der Waals surface area contributed by atoms with E-state index in [0.29, 0.717) is 29.5 Å². The van der Waals surface area contributed by atoms with Gasteiger partial charge in [0.15, 0.2) is 0 Å². The molecule has 130 valence electrons. The number of carbonyl (C=O) groups is 2. The number of benzene rings is 2. The van der Waals surface area contributed by atoms with Gasteiger partial charge in [-0.1, -0.05) is 41.9 Å². The predicted octanol–water partition coefficient (Wildman–Crippen LogP) is 3.34. The number of carbonyl (C=O) groups excluding carboxylic acids is 2. The Hall–Kier alpha value is -2.53. The SMILES string of the molecule is COc1ccc(Cl)cc1NC(=O)C1CC(=O)N(Cc2ccccc2)C1. The number of nitrogens with zero attached hydrogens (tertiary/aromatic N) is 1. The average Bonchev–Trinajstić information content (AvgIpc) is 2.97. The molecule has 1 N–H and O–H groups in total. The lowest BCUT2D eigenvalue weighted by atomic mass is 10.1. The minimum Gasteiger partial charge on any atom is -0.495 e. The molecule has 0 aromatic heterocycles. The summed E-state index contributed by atoms with van der Waals surface area (Å²) in [4.78, 5) is 26.5. The maximum absolute atomic E-state index is 12.5. The molecule has 0 spiro atoms. The third-order valence-electron chi connectivity index (χ3n) is 4.22. The van der Waals surface area contributed by atoms with E-state index in [1.54, 1.807) is 23.1 Å². The van der Waals surface area contributed by atoms with E-state index in [-0.39, 0.29) is 24.2 Å². The van der Waals surface area contributed by atoms with Gasteiger partial charge in [-0.3, -0.25) is 9.59 Å². The predicted molar refractivity (Wildman–Crippen MR) is 96.6 cm³/mol. The number of hydrogen-bond donors (Lipinski definition) is 1. The van der Waals surface area contributed by atoms with Crippen molar-refractivity contribution in [1.29, 1.82) is 0 Å². The minimum atomic E-state index is -0.389. The van der Waals surface area contributed by atoms with Crippen LogP contribution in [0.5, 0.6) is 5.75 Å². The Kier molecular flexibility index (Phi) is 5.24. The van der Waals surface area contributed by atoms with Crippen molar-refractivity contribution in [1.82, 2.24) is 4.90 Å². The van der Waals surface area contributed by atoms with Crippen LogP contribution in [0.1, 0.15) is 12.0 Å². The quantitative estimate of drug-likeness (QED) is 0.891. The molecule has 0 saturated carbocycles. The number of nitrogens with one attached hydrogen (secondary N) is 1. The summed E-state index contributed by atoms with van der Waals surface area (Å²) in [5.74, 6) is -0.0744. The number of likely N-dealkylation sites (tertiary alicyclic amines) is 1. The topological polar surface area (TPSA) is 58.6 Å². The lowest BCUT2D eigenvalue weighted by Gasteiger charge is -2.17. The second-order valence-electron chi connectivity index (χ2n) is 5.99. The fraction of sp³-hybridized carbons (Fsp3) is 0.263. The first kappa shape index (κ1) is 17.3. The fourth-order valence-electron chi connectivity index (χ4n) is 2.92. The molecule has 1 aliphatic heterocycles. The summed E-state index contributed by atoms with van der Waals surface area (Å²) in [5.41, 5.74) is 1.56. The fourth-order valence-corrected chi connectivity index (χ4v) is 3.09. The molecule has 2 aromatic rings. The van der Waals surface area contributed by atoms with Gasteiger partial charge in [-0.15, -0.1) is 0 Å². The third-order valence-corrected chi connectivity index (χ3v) is 4.46. The number of amides is 2. The molecule has 2 aromatic carbocycles. The second-order valence-corrected chi connectivity index (χ2v) is 6.43. The number of ether oxygens (including phenoxy) is 1. The summed E-state index contributed by atoms with van der Waals surface area (Å²) in [6, 6.07) is 14.8. The number of anilines is 1. The zero-order valence-electron chi connectivity index (χ0n) is 13.9. The molecule has 1 aliphatic rings. The average molecular weight is 359 g/mol.